The molecular formula is C18H23N5O. The number of hydrogen-bond donors (Lipinski definition) is 0. The number of imidazole rings is 1. The number of carbonyl (C=O) groups is 1. The van der Waals surface area contributed by atoms with Gasteiger partial charge in [-0.05, 0) is 37.8 Å². The van der Waals surface area contributed by atoms with Crippen LogP contribution in [0.25, 0.3) is 0 Å². The Morgan fingerprint density at radius 2 is 2.00 bits per heavy atom. The van der Waals surface area contributed by atoms with E-state index < -0.39 is 0 Å². The second kappa shape index (κ2) is 6.63. The zero-order valence-electron chi connectivity index (χ0n) is 13.8. The van der Waals surface area contributed by atoms with Crippen LogP contribution in [0.1, 0.15) is 42.1 Å². The van der Waals surface area contributed by atoms with Gasteiger partial charge in [-0.25, -0.2) is 9.97 Å². The number of pyridine rings is 1. The largest absolute Gasteiger partial charge is 0.357 e. The van der Waals surface area contributed by atoms with E-state index in [4.69, 9.17) is 0 Å². The molecule has 24 heavy (non-hydrogen) atoms. The minimum atomic E-state index is 0.0836. The third-order valence-electron chi connectivity index (χ3n) is 5.06. The summed E-state index contributed by atoms with van der Waals surface area (Å²) in [6, 6.07) is 4.22. The van der Waals surface area contributed by atoms with Crippen molar-refractivity contribution in [3.05, 3.63) is 42.6 Å². The van der Waals surface area contributed by atoms with Crippen LogP contribution in [0.4, 0.5) is 5.82 Å². The normalized spacial score (nSPS) is 21.2. The van der Waals surface area contributed by atoms with Crippen molar-refractivity contribution in [2.45, 2.75) is 31.7 Å². The van der Waals surface area contributed by atoms with Crippen LogP contribution < -0.4 is 4.90 Å². The van der Waals surface area contributed by atoms with Crippen molar-refractivity contribution >= 4 is 11.7 Å². The molecule has 0 saturated carbocycles. The van der Waals surface area contributed by atoms with Gasteiger partial charge in [0.05, 0.1) is 17.9 Å². The highest BCUT2D eigenvalue weighted by Gasteiger charge is 2.25. The molecule has 0 aliphatic carbocycles. The first-order valence-electron chi connectivity index (χ1n) is 8.79. The van der Waals surface area contributed by atoms with E-state index in [0.29, 0.717) is 11.6 Å². The number of carbonyl (C=O) groups excluding carboxylic acids is 1. The van der Waals surface area contributed by atoms with Crippen molar-refractivity contribution in [3.63, 3.8) is 0 Å². The lowest BCUT2D eigenvalue weighted by atomic mass is 10.0. The Morgan fingerprint density at radius 3 is 2.71 bits per heavy atom. The number of hydrogen-bond acceptors (Lipinski definition) is 4. The average molecular weight is 325 g/mol. The van der Waals surface area contributed by atoms with E-state index >= 15 is 0 Å². The van der Waals surface area contributed by atoms with Gasteiger partial charge in [-0.15, -0.1) is 0 Å². The monoisotopic (exact) mass is 325 g/mol. The Bertz CT molecular complexity index is 676. The molecule has 4 heterocycles. The van der Waals surface area contributed by atoms with Crippen LogP contribution in [0.2, 0.25) is 0 Å². The van der Waals surface area contributed by atoms with Crippen molar-refractivity contribution in [1.82, 2.24) is 19.4 Å². The lowest BCUT2D eigenvalue weighted by molar-refractivity contribution is 0.0679. The number of amides is 1. The van der Waals surface area contributed by atoms with Gasteiger partial charge in [0.1, 0.15) is 5.82 Å². The topological polar surface area (TPSA) is 54.3 Å². The predicted molar refractivity (Wildman–Crippen MR) is 92.1 cm³/mol. The first-order valence-corrected chi connectivity index (χ1v) is 8.79. The molecule has 126 valence electrons. The van der Waals surface area contributed by atoms with Gasteiger partial charge in [0.15, 0.2) is 0 Å². The van der Waals surface area contributed by atoms with Crippen molar-refractivity contribution in [3.8, 4) is 0 Å². The highest BCUT2D eigenvalue weighted by Crippen LogP contribution is 2.23. The van der Waals surface area contributed by atoms with E-state index in [1.165, 1.54) is 12.8 Å². The Kier molecular flexibility index (Phi) is 4.19. The van der Waals surface area contributed by atoms with E-state index in [0.717, 1.165) is 44.8 Å². The van der Waals surface area contributed by atoms with Gasteiger partial charge in [-0.3, -0.25) is 4.79 Å². The molecule has 2 aromatic heterocycles. The van der Waals surface area contributed by atoms with E-state index in [2.05, 4.69) is 19.4 Å². The lowest BCUT2D eigenvalue weighted by Gasteiger charge is -2.33. The fourth-order valence-corrected chi connectivity index (χ4v) is 3.70. The van der Waals surface area contributed by atoms with E-state index in [1.807, 2.05) is 29.6 Å². The minimum Gasteiger partial charge on any atom is -0.357 e. The molecule has 0 bridgehead atoms. The first kappa shape index (κ1) is 15.2. The van der Waals surface area contributed by atoms with Crippen LogP contribution in [0.3, 0.4) is 0 Å². The third kappa shape index (κ3) is 3.00. The molecule has 4 rings (SSSR count). The number of rotatable bonds is 3. The molecule has 2 aromatic rings. The second-order valence-electron chi connectivity index (χ2n) is 6.66. The quantitative estimate of drug-likeness (QED) is 0.869. The summed E-state index contributed by atoms with van der Waals surface area (Å²) in [6.07, 6.45) is 11.9. The molecule has 0 N–H and O–H groups in total. The van der Waals surface area contributed by atoms with Crippen molar-refractivity contribution in [2.75, 3.05) is 31.1 Å². The molecule has 2 aliphatic rings. The minimum absolute atomic E-state index is 0.0836. The predicted octanol–water partition coefficient (Wildman–Crippen LogP) is 2.36. The van der Waals surface area contributed by atoms with E-state index in [9.17, 15) is 4.79 Å². The summed E-state index contributed by atoms with van der Waals surface area (Å²) in [5, 5.41) is 0. The number of anilines is 1. The maximum Gasteiger partial charge on any atom is 0.255 e. The molecular weight excluding hydrogens is 302 g/mol. The van der Waals surface area contributed by atoms with E-state index in [-0.39, 0.29) is 5.91 Å². The summed E-state index contributed by atoms with van der Waals surface area (Å²) in [7, 11) is 0. The number of nitrogens with zero attached hydrogens (tertiary/aromatic N) is 5. The molecule has 6 nitrogen and oxygen atoms in total. The highest BCUT2D eigenvalue weighted by molar-refractivity contribution is 5.94. The van der Waals surface area contributed by atoms with Crippen LogP contribution in [0.15, 0.2) is 37.1 Å². The Labute approximate surface area is 142 Å². The Hall–Kier alpha value is -2.37. The molecule has 6 heteroatoms. The molecule has 1 amide bonds. The highest BCUT2D eigenvalue weighted by atomic mass is 16.2. The van der Waals surface area contributed by atoms with Gasteiger partial charge < -0.3 is 14.4 Å². The van der Waals surface area contributed by atoms with Gasteiger partial charge in [0.25, 0.3) is 5.91 Å². The molecule has 2 saturated heterocycles. The maximum atomic E-state index is 12.8. The number of likely N-dealkylation sites (tertiary alicyclic amines) is 1. The summed E-state index contributed by atoms with van der Waals surface area (Å²) in [5.41, 5.74) is 0.684. The molecule has 0 radical (unpaired) electrons. The summed E-state index contributed by atoms with van der Waals surface area (Å²) in [6.45, 7) is 3.69. The lowest BCUT2D eigenvalue weighted by Crippen LogP contribution is -2.40. The van der Waals surface area contributed by atoms with Crippen LogP contribution in [0.5, 0.6) is 0 Å². The number of aromatic nitrogens is 3. The molecule has 2 aliphatic heterocycles. The Balaban J connectivity index is 1.44. The molecule has 0 aromatic carbocycles. The summed E-state index contributed by atoms with van der Waals surface area (Å²) < 4.78 is 2.11. The molecule has 2 fully saturated rings. The maximum absolute atomic E-state index is 12.8. The van der Waals surface area contributed by atoms with Crippen molar-refractivity contribution in [2.24, 2.45) is 0 Å². The smallest absolute Gasteiger partial charge is 0.255 e. The van der Waals surface area contributed by atoms with Gasteiger partial charge in [0.2, 0.25) is 0 Å². The zero-order valence-corrected chi connectivity index (χ0v) is 13.8. The Morgan fingerprint density at radius 1 is 1.12 bits per heavy atom. The fraction of sp³-hybridized carbons (Fsp3) is 0.500. The fourth-order valence-electron chi connectivity index (χ4n) is 3.70. The zero-order chi connectivity index (χ0) is 16.4. The van der Waals surface area contributed by atoms with Gasteiger partial charge in [0, 0.05) is 44.8 Å². The van der Waals surface area contributed by atoms with Crippen LogP contribution >= 0.6 is 0 Å². The van der Waals surface area contributed by atoms with Gasteiger partial charge >= 0.3 is 0 Å². The molecule has 1 atom stereocenters. The number of piperidine rings is 1. The summed E-state index contributed by atoms with van der Waals surface area (Å²) >= 11 is 0. The average Bonchev–Trinajstić information content (AvgIpc) is 3.35. The molecule has 0 unspecified atom stereocenters. The van der Waals surface area contributed by atoms with Crippen LogP contribution in [-0.2, 0) is 0 Å². The van der Waals surface area contributed by atoms with Crippen molar-refractivity contribution < 1.29 is 4.79 Å². The summed E-state index contributed by atoms with van der Waals surface area (Å²) in [4.78, 5) is 25.6. The van der Waals surface area contributed by atoms with E-state index in [1.54, 1.807) is 12.4 Å². The molecule has 0 spiro atoms. The van der Waals surface area contributed by atoms with Gasteiger partial charge in [-0.1, -0.05) is 0 Å². The second-order valence-corrected chi connectivity index (χ2v) is 6.66. The summed E-state index contributed by atoms with van der Waals surface area (Å²) in [5.74, 6) is 1.07. The first-order chi connectivity index (χ1) is 11.8. The SMILES string of the molecule is O=C(c1ccc(N2CCCC2)nc1)N1CCC[C@@H](n2ccnc2)C1. The van der Waals surface area contributed by atoms with Crippen molar-refractivity contribution in [1.29, 1.82) is 0 Å². The van der Waals surface area contributed by atoms with Gasteiger partial charge in [-0.2, -0.15) is 0 Å². The van der Waals surface area contributed by atoms with Crippen LogP contribution in [-0.4, -0.2) is 51.5 Å². The van der Waals surface area contributed by atoms with Crippen LogP contribution in [0, 0.1) is 0 Å². The third-order valence-corrected chi connectivity index (χ3v) is 5.06. The standard InChI is InChI=1S/C18H23N5O/c24-18(15-5-6-17(20-12-15)21-8-1-2-9-21)22-10-3-4-16(13-22)23-11-7-19-14-23/h5-7,11-12,14,16H,1-4,8-10,13H2/t16-/m1/s1.